The van der Waals surface area contributed by atoms with Crippen LogP contribution in [0.15, 0.2) is 41.8 Å². The number of rotatable bonds is 3. The predicted molar refractivity (Wildman–Crippen MR) is 108 cm³/mol. The highest BCUT2D eigenvalue weighted by Gasteiger charge is 2.25. The number of benzene rings is 1. The molecule has 0 aliphatic heterocycles. The first-order valence-corrected chi connectivity index (χ1v) is 10.4. The maximum absolute atomic E-state index is 12.6. The normalized spacial score (nSPS) is 13.7. The minimum Gasteiger partial charge on any atom is -0.338 e. The summed E-state index contributed by atoms with van der Waals surface area (Å²) in [5, 5.41) is 5.98. The maximum Gasteiger partial charge on any atom is 0.266 e. The first-order valence-electron chi connectivity index (χ1n) is 8.74. The van der Waals surface area contributed by atoms with Crippen molar-refractivity contribution in [3.8, 4) is 11.4 Å². The van der Waals surface area contributed by atoms with E-state index in [1.54, 1.807) is 11.3 Å². The van der Waals surface area contributed by atoms with E-state index in [0.717, 1.165) is 45.1 Å². The zero-order valence-corrected chi connectivity index (χ0v) is 15.7. The smallest absolute Gasteiger partial charge is 0.266 e. The number of H-pyrrole nitrogens is 1. The van der Waals surface area contributed by atoms with E-state index in [9.17, 15) is 4.79 Å². The van der Waals surface area contributed by atoms with Crippen LogP contribution in [0.4, 0.5) is 5.00 Å². The Morgan fingerprint density at radius 2 is 2.00 bits per heavy atom. The fourth-order valence-corrected chi connectivity index (χ4v) is 5.45. The van der Waals surface area contributed by atoms with Gasteiger partial charge in [0.2, 0.25) is 0 Å². The van der Waals surface area contributed by atoms with Crippen molar-refractivity contribution in [1.82, 2.24) is 9.97 Å². The van der Waals surface area contributed by atoms with Crippen molar-refractivity contribution in [2.75, 3.05) is 5.32 Å². The summed E-state index contributed by atoms with van der Waals surface area (Å²) >= 11 is 3.16. The van der Waals surface area contributed by atoms with Crippen molar-refractivity contribution in [2.24, 2.45) is 0 Å². The molecule has 0 atom stereocenters. The molecule has 3 aromatic heterocycles. The van der Waals surface area contributed by atoms with Crippen molar-refractivity contribution in [3.63, 3.8) is 0 Å². The highest BCUT2D eigenvalue weighted by Crippen LogP contribution is 2.43. The van der Waals surface area contributed by atoms with Gasteiger partial charge in [0.05, 0.1) is 21.5 Å². The van der Waals surface area contributed by atoms with E-state index in [1.807, 2.05) is 41.8 Å². The number of anilines is 1. The molecule has 0 spiro atoms. The van der Waals surface area contributed by atoms with Crippen LogP contribution < -0.4 is 5.32 Å². The van der Waals surface area contributed by atoms with Crippen LogP contribution in [0.2, 0.25) is 0 Å². The molecule has 0 bridgehead atoms. The third-order valence-electron chi connectivity index (χ3n) is 4.77. The van der Waals surface area contributed by atoms with Crippen LogP contribution in [-0.4, -0.2) is 15.9 Å². The summed E-state index contributed by atoms with van der Waals surface area (Å²) in [6, 6.07) is 11.8. The maximum atomic E-state index is 12.6. The van der Waals surface area contributed by atoms with Gasteiger partial charge in [0.15, 0.2) is 0 Å². The Bertz CT molecular complexity index is 1060. The summed E-state index contributed by atoms with van der Waals surface area (Å²) in [6.45, 7) is 0. The first-order chi connectivity index (χ1) is 12.8. The summed E-state index contributed by atoms with van der Waals surface area (Å²) in [7, 11) is 0. The number of hydrogen-bond donors (Lipinski definition) is 2. The van der Waals surface area contributed by atoms with Crippen LogP contribution in [0.25, 0.3) is 22.4 Å². The van der Waals surface area contributed by atoms with Crippen molar-refractivity contribution in [2.45, 2.75) is 25.7 Å². The number of thiophene rings is 2. The summed E-state index contributed by atoms with van der Waals surface area (Å²) in [5.41, 5.74) is 4.40. The predicted octanol–water partition coefficient (Wildman–Crippen LogP) is 5.48. The van der Waals surface area contributed by atoms with E-state index >= 15 is 0 Å². The Kier molecular flexibility index (Phi) is 3.87. The van der Waals surface area contributed by atoms with Crippen molar-refractivity contribution in [1.29, 1.82) is 0 Å². The number of aryl methyl sites for hydroxylation is 1. The summed E-state index contributed by atoms with van der Waals surface area (Å²) in [5.74, 6) is 0.808. The lowest BCUT2D eigenvalue weighted by atomic mass is 9.95. The molecule has 5 rings (SSSR count). The summed E-state index contributed by atoms with van der Waals surface area (Å²) < 4.78 is 0. The quantitative estimate of drug-likeness (QED) is 0.495. The summed E-state index contributed by atoms with van der Waals surface area (Å²) in [6.07, 6.45) is 4.54. The van der Waals surface area contributed by atoms with Gasteiger partial charge in [-0.25, -0.2) is 4.98 Å². The molecule has 1 aliphatic carbocycles. The number of para-hydroxylation sites is 2. The van der Waals surface area contributed by atoms with E-state index in [1.165, 1.54) is 34.6 Å². The van der Waals surface area contributed by atoms with Gasteiger partial charge < -0.3 is 10.3 Å². The number of fused-ring (bicyclic) bond motifs is 2. The topological polar surface area (TPSA) is 57.8 Å². The molecule has 0 saturated carbocycles. The average Bonchev–Trinajstić information content (AvgIpc) is 3.38. The molecule has 0 radical (unpaired) electrons. The van der Waals surface area contributed by atoms with Gasteiger partial charge >= 0.3 is 0 Å². The zero-order valence-electron chi connectivity index (χ0n) is 14.0. The Morgan fingerprint density at radius 1 is 1.12 bits per heavy atom. The van der Waals surface area contributed by atoms with Gasteiger partial charge in [-0.2, -0.15) is 0 Å². The SMILES string of the molecule is O=C(Nc1sc2c(c1-c1nc3ccccc3[nH]1)CCCC2)c1cccs1. The largest absolute Gasteiger partial charge is 0.338 e. The minimum atomic E-state index is -0.0454. The average molecular weight is 380 g/mol. The molecule has 3 heterocycles. The molecule has 0 fully saturated rings. The number of aromatic amines is 1. The van der Waals surface area contributed by atoms with E-state index < -0.39 is 0 Å². The molecule has 0 unspecified atom stereocenters. The zero-order chi connectivity index (χ0) is 17.5. The van der Waals surface area contributed by atoms with E-state index in [4.69, 9.17) is 4.98 Å². The standard InChI is InChI=1S/C20H17N3OS2/c24-19(16-10-5-11-25-16)23-20-17(12-6-1-4-9-15(12)26-20)18-21-13-7-2-3-8-14(13)22-18/h2-3,5,7-8,10-11H,1,4,6,9H2,(H,21,22)(H,23,24). The Morgan fingerprint density at radius 3 is 2.85 bits per heavy atom. The number of nitrogens with one attached hydrogen (secondary N) is 2. The number of carbonyl (C=O) groups is 1. The molecular formula is C20H17N3OS2. The van der Waals surface area contributed by atoms with Crippen LogP contribution >= 0.6 is 22.7 Å². The second-order valence-corrected chi connectivity index (χ2v) is 8.50. The van der Waals surface area contributed by atoms with Crippen LogP contribution in [0.1, 0.15) is 33.0 Å². The highest BCUT2D eigenvalue weighted by atomic mass is 32.1. The first kappa shape index (κ1) is 15.8. The van der Waals surface area contributed by atoms with Crippen LogP contribution in [-0.2, 0) is 12.8 Å². The number of amides is 1. The molecule has 4 nitrogen and oxygen atoms in total. The molecule has 2 N–H and O–H groups in total. The highest BCUT2D eigenvalue weighted by molar-refractivity contribution is 7.17. The molecule has 6 heteroatoms. The molecule has 0 saturated heterocycles. The third kappa shape index (κ3) is 2.66. The van der Waals surface area contributed by atoms with Gasteiger partial charge in [-0.15, -0.1) is 22.7 Å². The van der Waals surface area contributed by atoms with Gasteiger partial charge in [0, 0.05) is 4.88 Å². The molecule has 130 valence electrons. The molecule has 4 aromatic rings. The van der Waals surface area contributed by atoms with Gasteiger partial charge in [-0.05, 0) is 54.8 Å². The second kappa shape index (κ2) is 6.37. The lowest BCUT2D eigenvalue weighted by Gasteiger charge is -2.11. The number of imidazole rings is 1. The monoisotopic (exact) mass is 379 g/mol. The number of nitrogens with zero attached hydrogens (tertiary/aromatic N) is 1. The lowest BCUT2D eigenvalue weighted by molar-refractivity contribution is 0.103. The third-order valence-corrected chi connectivity index (χ3v) is 6.85. The van der Waals surface area contributed by atoms with E-state index in [-0.39, 0.29) is 5.91 Å². The fourth-order valence-electron chi connectivity index (χ4n) is 3.55. The van der Waals surface area contributed by atoms with Crippen LogP contribution in [0, 0.1) is 0 Å². The Labute approximate surface area is 158 Å². The lowest BCUT2D eigenvalue weighted by Crippen LogP contribution is -2.10. The van der Waals surface area contributed by atoms with Crippen LogP contribution in [0.3, 0.4) is 0 Å². The Hall–Kier alpha value is -2.44. The molecule has 1 amide bonds. The molecular weight excluding hydrogens is 362 g/mol. The summed E-state index contributed by atoms with van der Waals surface area (Å²) in [4.78, 5) is 23.0. The van der Waals surface area contributed by atoms with Gasteiger partial charge in [-0.1, -0.05) is 18.2 Å². The minimum absolute atomic E-state index is 0.0454. The van der Waals surface area contributed by atoms with Gasteiger partial charge in [0.25, 0.3) is 5.91 Å². The molecule has 1 aliphatic rings. The second-order valence-electron chi connectivity index (χ2n) is 6.45. The number of aromatic nitrogens is 2. The van der Waals surface area contributed by atoms with Crippen molar-refractivity contribution in [3.05, 3.63) is 57.1 Å². The van der Waals surface area contributed by atoms with Gasteiger partial charge in [0.1, 0.15) is 10.8 Å². The van der Waals surface area contributed by atoms with Crippen molar-refractivity contribution < 1.29 is 4.79 Å². The number of hydrogen-bond acceptors (Lipinski definition) is 4. The van der Waals surface area contributed by atoms with E-state index in [2.05, 4.69) is 10.3 Å². The van der Waals surface area contributed by atoms with Crippen LogP contribution in [0.5, 0.6) is 0 Å². The van der Waals surface area contributed by atoms with Crippen molar-refractivity contribution >= 4 is 44.6 Å². The van der Waals surface area contributed by atoms with E-state index in [0.29, 0.717) is 0 Å². The fraction of sp³-hybridized carbons (Fsp3) is 0.200. The molecule has 1 aromatic carbocycles. The van der Waals surface area contributed by atoms with Gasteiger partial charge in [-0.3, -0.25) is 4.79 Å². The molecule has 26 heavy (non-hydrogen) atoms. The number of carbonyl (C=O) groups excluding carboxylic acids is 1. The Balaban J connectivity index is 1.62.